The average molecular weight is 397 g/mol. The fourth-order valence-corrected chi connectivity index (χ4v) is 2.86. The Bertz CT molecular complexity index is 863. The van der Waals surface area contributed by atoms with Crippen LogP contribution in [0.25, 0.3) is 11.2 Å². The Kier molecular flexibility index (Phi) is 5.14. The van der Waals surface area contributed by atoms with Gasteiger partial charge in [0.2, 0.25) is 0 Å². The largest absolute Gasteiger partial charge is 0.442 e. The first-order chi connectivity index (χ1) is 13.0. The van der Waals surface area contributed by atoms with E-state index in [9.17, 15) is 20.1 Å². The third-order valence-electron chi connectivity index (χ3n) is 4.14. The molecule has 4 N–H and O–H groups in total. The molecular formula is C16H23N5O7. The summed E-state index contributed by atoms with van der Waals surface area (Å²) in [5.41, 5.74) is 0.111. The average Bonchev–Trinajstić information content (AvgIpc) is 3.11. The second-order valence-corrected chi connectivity index (χ2v) is 7.59. The van der Waals surface area contributed by atoms with Gasteiger partial charge in [-0.25, -0.2) is 14.8 Å². The number of nitrogens with zero attached hydrogens (tertiary/aromatic N) is 4. The third-order valence-corrected chi connectivity index (χ3v) is 4.14. The molecule has 0 unspecified atom stereocenters. The summed E-state index contributed by atoms with van der Waals surface area (Å²) in [6.07, 6.45) is -1.65. The SMILES string of the molecule is CC(C)(C)OC(=O)NOc1ncnc2c1ncn2[C@@H]1O[C@H](CO)[C@@H](O)[C@@]1(C)O. The minimum absolute atomic E-state index is 0.0495. The molecule has 0 aliphatic carbocycles. The van der Waals surface area contributed by atoms with E-state index in [4.69, 9.17) is 14.3 Å². The Hall–Kier alpha value is -2.54. The number of aliphatic hydroxyl groups is 3. The van der Waals surface area contributed by atoms with E-state index in [1.807, 2.05) is 0 Å². The molecule has 3 rings (SSSR count). The van der Waals surface area contributed by atoms with Crippen LogP contribution in [0.1, 0.15) is 33.9 Å². The maximum absolute atomic E-state index is 11.7. The predicted molar refractivity (Wildman–Crippen MR) is 92.9 cm³/mol. The number of fused-ring (bicyclic) bond motifs is 1. The van der Waals surface area contributed by atoms with E-state index in [-0.39, 0.29) is 17.0 Å². The molecule has 2 aromatic rings. The molecule has 4 atom stereocenters. The van der Waals surface area contributed by atoms with Crippen LogP contribution in [-0.4, -0.2) is 70.9 Å². The standard InChI is InChI=1S/C16H23N5O7/c1-15(2,3)27-14(24)20-28-12-9-11(17-6-18-12)21(7-19-9)13-16(4,25)10(23)8(5-22)26-13/h6-8,10,13,22-23,25H,5H2,1-4H3,(H,20,24)/t8-,10-,13-,16-/m1/s1. The predicted octanol–water partition coefficient (Wildman–Crippen LogP) is -0.354. The Balaban J connectivity index is 1.85. The zero-order chi connectivity index (χ0) is 20.7. The lowest BCUT2D eigenvalue weighted by molar-refractivity contribution is -0.0950. The van der Waals surface area contributed by atoms with Crippen molar-refractivity contribution < 1.29 is 34.4 Å². The molecule has 1 aliphatic rings. The van der Waals surface area contributed by atoms with Gasteiger partial charge in [-0.2, -0.15) is 10.5 Å². The first kappa shape index (κ1) is 20.2. The molecule has 3 heterocycles. The van der Waals surface area contributed by atoms with Crippen molar-refractivity contribution in [2.45, 2.75) is 57.3 Å². The van der Waals surface area contributed by atoms with Crippen molar-refractivity contribution in [3.8, 4) is 5.88 Å². The van der Waals surface area contributed by atoms with Gasteiger partial charge in [0, 0.05) is 0 Å². The Morgan fingerprint density at radius 3 is 2.71 bits per heavy atom. The highest BCUT2D eigenvalue weighted by Crippen LogP contribution is 2.39. The molecule has 1 fully saturated rings. The molecule has 0 spiro atoms. The van der Waals surface area contributed by atoms with Crippen LogP contribution in [0.15, 0.2) is 12.7 Å². The van der Waals surface area contributed by atoms with Gasteiger partial charge in [-0.3, -0.25) is 4.57 Å². The molecule has 1 amide bonds. The highest BCUT2D eigenvalue weighted by molar-refractivity contribution is 5.76. The van der Waals surface area contributed by atoms with Crippen LogP contribution in [-0.2, 0) is 9.47 Å². The van der Waals surface area contributed by atoms with Gasteiger partial charge in [-0.15, -0.1) is 0 Å². The number of aliphatic hydroxyl groups excluding tert-OH is 2. The first-order valence-corrected chi connectivity index (χ1v) is 8.54. The van der Waals surface area contributed by atoms with Gasteiger partial charge >= 0.3 is 6.09 Å². The van der Waals surface area contributed by atoms with Crippen LogP contribution in [0.5, 0.6) is 5.88 Å². The lowest BCUT2D eigenvalue weighted by atomic mass is 9.96. The molecule has 2 aromatic heterocycles. The first-order valence-electron chi connectivity index (χ1n) is 8.54. The van der Waals surface area contributed by atoms with Crippen molar-refractivity contribution in [1.82, 2.24) is 25.0 Å². The molecular weight excluding hydrogens is 374 g/mol. The smallest absolute Gasteiger partial charge is 0.441 e. The van der Waals surface area contributed by atoms with E-state index in [1.165, 1.54) is 24.1 Å². The number of amides is 1. The van der Waals surface area contributed by atoms with Crippen LogP contribution in [0.3, 0.4) is 0 Å². The summed E-state index contributed by atoms with van der Waals surface area (Å²) in [5, 5.41) is 30.1. The van der Waals surface area contributed by atoms with Crippen LogP contribution < -0.4 is 10.3 Å². The van der Waals surface area contributed by atoms with Crippen LogP contribution in [0.2, 0.25) is 0 Å². The van der Waals surface area contributed by atoms with Crippen LogP contribution in [0, 0.1) is 0 Å². The summed E-state index contributed by atoms with van der Waals surface area (Å²) in [5.74, 6) is -0.0495. The number of hydrogen-bond acceptors (Lipinski definition) is 10. The number of carbonyl (C=O) groups excluding carboxylic acids is 1. The monoisotopic (exact) mass is 397 g/mol. The number of aromatic nitrogens is 4. The quantitative estimate of drug-likeness (QED) is 0.502. The summed E-state index contributed by atoms with van der Waals surface area (Å²) in [7, 11) is 0. The number of ether oxygens (including phenoxy) is 2. The summed E-state index contributed by atoms with van der Waals surface area (Å²) in [6.45, 7) is 6.03. The molecule has 1 aliphatic heterocycles. The van der Waals surface area contributed by atoms with E-state index in [0.29, 0.717) is 0 Å². The van der Waals surface area contributed by atoms with Crippen molar-refractivity contribution in [1.29, 1.82) is 0 Å². The highest BCUT2D eigenvalue weighted by atomic mass is 16.7. The zero-order valence-electron chi connectivity index (χ0n) is 15.9. The van der Waals surface area contributed by atoms with E-state index in [0.717, 1.165) is 0 Å². The molecule has 154 valence electrons. The fourth-order valence-electron chi connectivity index (χ4n) is 2.86. The fraction of sp³-hybridized carbons (Fsp3) is 0.625. The summed E-state index contributed by atoms with van der Waals surface area (Å²) < 4.78 is 12.0. The zero-order valence-corrected chi connectivity index (χ0v) is 15.9. The van der Waals surface area contributed by atoms with Crippen molar-refractivity contribution in [2.75, 3.05) is 6.61 Å². The Labute approximate surface area is 160 Å². The second kappa shape index (κ2) is 7.13. The van der Waals surface area contributed by atoms with E-state index in [2.05, 4.69) is 20.4 Å². The maximum atomic E-state index is 11.7. The number of carbonyl (C=O) groups is 1. The minimum Gasteiger partial charge on any atom is -0.442 e. The molecule has 0 bridgehead atoms. The summed E-state index contributed by atoms with van der Waals surface area (Å²) >= 11 is 0. The summed E-state index contributed by atoms with van der Waals surface area (Å²) in [6, 6.07) is 0. The van der Waals surface area contributed by atoms with Gasteiger partial charge in [0.25, 0.3) is 5.88 Å². The molecule has 0 radical (unpaired) electrons. The number of hydroxylamine groups is 1. The molecule has 12 heteroatoms. The van der Waals surface area contributed by atoms with Crippen molar-refractivity contribution in [3.05, 3.63) is 12.7 Å². The van der Waals surface area contributed by atoms with Crippen LogP contribution in [0.4, 0.5) is 4.79 Å². The van der Waals surface area contributed by atoms with Gasteiger partial charge in [0.05, 0.1) is 12.9 Å². The molecule has 1 saturated heterocycles. The van der Waals surface area contributed by atoms with Crippen LogP contribution >= 0.6 is 0 Å². The highest BCUT2D eigenvalue weighted by Gasteiger charge is 2.53. The second-order valence-electron chi connectivity index (χ2n) is 7.59. The van der Waals surface area contributed by atoms with E-state index < -0.39 is 42.3 Å². The van der Waals surface area contributed by atoms with Gasteiger partial charge in [0.15, 0.2) is 17.4 Å². The Morgan fingerprint density at radius 2 is 2.11 bits per heavy atom. The number of imidazole rings is 1. The molecule has 28 heavy (non-hydrogen) atoms. The van der Waals surface area contributed by atoms with Gasteiger partial charge in [-0.1, -0.05) is 0 Å². The van der Waals surface area contributed by atoms with Crippen molar-refractivity contribution in [3.63, 3.8) is 0 Å². The van der Waals surface area contributed by atoms with Crippen molar-refractivity contribution in [2.24, 2.45) is 0 Å². The maximum Gasteiger partial charge on any atom is 0.441 e. The normalized spacial score (nSPS) is 27.8. The molecule has 0 saturated carbocycles. The lowest BCUT2D eigenvalue weighted by Crippen LogP contribution is -2.44. The van der Waals surface area contributed by atoms with Gasteiger partial charge < -0.3 is 29.6 Å². The summed E-state index contributed by atoms with van der Waals surface area (Å²) in [4.78, 5) is 29.1. The Morgan fingerprint density at radius 1 is 1.39 bits per heavy atom. The molecule has 0 aromatic carbocycles. The van der Waals surface area contributed by atoms with E-state index >= 15 is 0 Å². The van der Waals surface area contributed by atoms with E-state index in [1.54, 1.807) is 20.8 Å². The van der Waals surface area contributed by atoms with Crippen molar-refractivity contribution >= 4 is 17.3 Å². The minimum atomic E-state index is -1.71. The lowest BCUT2D eigenvalue weighted by Gasteiger charge is -2.27. The molecule has 12 nitrogen and oxygen atoms in total. The van der Waals surface area contributed by atoms with Gasteiger partial charge in [-0.05, 0) is 27.7 Å². The number of rotatable bonds is 4. The van der Waals surface area contributed by atoms with Gasteiger partial charge in [0.1, 0.15) is 29.7 Å². The number of nitrogens with one attached hydrogen (secondary N) is 1. The topological polar surface area (TPSA) is 161 Å². The number of hydrogen-bond donors (Lipinski definition) is 4. The third kappa shape index (κ3) is 3.71.